The third-order valence-electron chi connectivity index (χ3n) is 4.05. The van der Waals surface area contributed by atoms with Gasteiger partial charge in [-0.25, -0.2) is 0 Å². The third kappa shape index (κ3) is 3.73. The van der Waals surface area contributed by atoms with Crippen LogP contribution in [-0.2, 0) is 6.42 Å². The van der Waals surface area contributed by atoms with Crippen molar-refractivity contribution in [1.82, 2.24) is 5.32 Å². The van der Waals surface area contributed by atoms with Crippen LogP contribution in [0.1, 0.15) is 39.7 Å². The van der Waals surface area contributed by atoms with Crippen molar-refractivity contribution in [2.24, 2.45) is 5.92 Å². The minimum Gasteiger partial charge on any atom is -0.368 e. The lowest BCUT2D eigenvalue weighted by Gasteiger charge is -2.39. The van der Waals surface area contributed by atoms with Gasteiger partial charge in [0, 0.05) is 24.3 Å². The van der Waals surface area contributed by atoms with Crippen molar-refractivity contribution >= 4 is 5.69 Å². The molecular formula is C17H28N2. The number of anilines is 1. The first-order valence-corrected chi connectivity index (χ1v) is 7.66. The Labute approximate surface area is 118 Å². The largest absolute Gasteiger partial charge is 0.368 e. The normalized spacial score (nSPS) is 20.5. The fourth-order valence-electron chi connectivity index (χ4n) is 2.88. The van der Waals surface area contributed by atoms with Gasteiger partial charge in [0.05, 0.1) is 0 Å². The molecule has 106 valence electrons. The highest BCUT2D eigenvalue weighted by Gasteiger charge is 2.23. The Hall–Kier alpha value is -1.02. The highest BCUT2D eigenvalue weighted by Crippen LogP contribution is 2.30. The molecule has 1 aliphatic rings. The first-order chi connectivity index (χ1) is 9.08. The van der Waals surface area contributed by atoms with Gasteiger partial charge in [0.1, 0.15) is 0 Å². The second-order valence-corrected chi connectivity index (χ2v) is 6.34. The molecule has 19 heavy (non-hydrogen) atoms. The van der Waals surface area contributed by atoms with Crippen molar-refractivity contribution in [1.29, 1.82) is 0 Å². The molecule has 1 aromatic rings. The number of nitrogens with zero attached hydrogens (tertiary/aromatic N) is 1. The van der Waals surface area contributed by atoms with E-state index in [1.807, 2.05) is 0 Å². The Bertz CT molecular complexity index is 400. The molecular weight excluding hydrogens is 232 g/mol. The molecule has 1 N–H and O–H groups in total. The molecule has 0 bridgehead atoms. The maximum Gasteiger partial charge on any atom is 0.0401 e. The summed E-state index contributed by atoms with van der Waals surface area (Å²) in [6, 6.07) is 10.1. The number of benzene rings is 1. The molecule has 0 aromatic heterocycles. The molecule has 0 aliphatic carbocycles. The van der Waals surface area contributed by atoms with E-state index in [-0.39, 0.29) is 0 Å². The second kappa shape index (κ2) is 6.42. The molecule has 0 amide bonds. The highest BCUT2D eigenvalue weighted by atomic mass is 15.2. The van der Waals surface area contributed by atoms with Crippen LogP contribution in [0.5, 0.6) is 0 Å². The van der Waals surface area contributed by atoms with Crippen molar-refractivity contribution in [3.8, 4) is 0 Å². The molecule has 0 fully saturated rings. The molecule has 2 heteroatoms. The van der Waals surface area contributed by atoms with E-state index in [0.717, 1.165) is 13.1 Å². The average Bonchev–Trinajstić information content (AvgIpc) is 2.40. The predicted octanol–water partition coefficient (Wildman–Crippen LogP) is 3.46. The minimum atomic E-state index is 0.577. The quantitative estimate of drug-likeness (QED) is 0.872. The summed E-state index contributed by atoms with van der Waals surface area (Å²) in [5, 5.41) is 3.55. The van der Waals surface area contributed by atoms with E-state index in [4.69, 9.17) is 0 Å². The van der Waals surface area contributed by atoms with E-state index < -0.39 is 0 Å². The van der Waals surface area contributed by atoms with Crippen LogP contribution in [0.15, 0.2) is 24.3 Å². The monoisotopic (exact) mass is 260 g/mol. The number of rotatable bonds is 5. The maximum atomic E-state index is 3.55. The average molecular weight is 260 g/mol. The number of para-hydroxylation sites is 1. The van der Waals surface area contributed by atoms with Gasteiger partial charge in [-0.2, -0.15) is 0 Å². The Balaban J connectivity index is 2.02. The van der Waals surface area contributed by atoms with Crippen molar-refractivity contribution < 1.29 is 0 Å². The Kier molecular flexibility index (Phi) is 4.87. The van der Waals surface area contributed by atoms with E-state index in [1.165, 1.54) is 24.1 Å². The molecule has 1 aromatic carbocycles. The van der Waals surface area contributed by atoms with E-state index in [2.05, 4.69) is 62.2 Å². The lowest BCUT2D eigenvalue weighted by atomic mass is 9.95. The molecule has 2 rings (SSSR count). The summed E-state index contributed by atoms with van der Waals surface area (Å²) in [7, 11) is 0. The van der Waals surface area contributed by atoms with Gasteiger partial charge in [0.2, 0.25) is 0 Å². The molecule has 1 heterocycles. The number of hydrogen-bond acceptors (Lipinski definition) is 2. The van der Waals surface area contributed by atoms with Gasteiger partial charge in [0.25, 0.3) is 0 Å². The Morgan fingerprint density at radius 2 is 2.00 bits per heavy atom. The number of aryl methyl sites for hydroxylation is 1. The number of hydrogen-bond donors (Lipinski definition) is 1. The smallest absolute Gasteiger partial charge is 0.0401 e. The number of nitrogens with one attached hydrogen (secondary N) is 1. The molecule has 2 unspecified atom stereocenters. The zero-order valence-electron chi connectivity index (χ0n) is 12.8. The van der Waals surface area contributed by atoms with Crippen LogP contribution < -0.4 is 10.2 Å². The van der Waals surface area contributed by atoms with Gasteiger partial charge >= 0.3 is 0 Å². The molecule has 2 nitrogen and oxygen atoms in total. The zero-order valence-corrected chi connectivity index (χ0v) is 12.8. The Morgan fingerprint density at radius 3 is 2.74 bits per heavy atom. The van der Waals surface area contributed by atoms with Crippen molar-refractivity contribution in [2.75, 3.05) is 18.0 Å². The van der Waals surface area contributed by atoms with Crippen molar-refractivity contribution in [2.45, 2.75) is 52.6 Å². The molecule has 0 saturated heterocycles. The standard InChI is InChI=1S/C17H28N2/c1-13(2)18-11-14(3)12-19-15(4)9-10-16-7-5-6-8-17(16)19/h5-8,13-15,18H,9-12H2,1-4H3. The molecule has 0 saturated carbocycles. The third-order valence-corrected chi connectivity index (χ3v) is 4.05. The van der Waals surface area contributed by atoms with Crippen LogP contribution in [0, 0.1) is 5.92 Å². The first kappa shape index (κ1) is 14.4. The van der Waals surface area contributed by atoms with Gasteiger partial charge in [-0.15, -0.1) is 0 Å². The van der Waals surface area contributed by atoms with Gasteiger partial charge in [-0.3, -0.25) is 0 Å². The van der Waals surface area contributed by atoms with Gasteiger partial charge in [-0.05, 0) is 43.9 Å². The van der Waals surface area contributed by atoms with Crippen molar-refractivity contribution in [3.63, 3.8) is 0 Å². The van der Waals surface area contributed by atoms with Crippen LogP contribution in [0.4, 0.5) is 5.69 Å². The fourth-order valence-corrected chi connectivity index (χ4v) is 2.88. The molecule has 0 radical (unpaired) electrons. The number of fused-ring (bicyclic) bond motifs is 1. The van der Waals surface area contributed by atoms with E-state index in [0.29, 0.717) is 18.0 Å². The van der Waals surface area contributed by atoms with E-state index >= 15 is 0 Å². The van der Waals surface area contributed by atoms with Gasteiger partial charge in [-0.1, -0.05) is 39.0 Å². The lowest BCUT2D eigenvalue weighted by Crippen LogP contribution is -2.42. The summed E-state index contributed by atoms with van der Waals surface area (Å²) in [6.07, 6.45) is 2.51. The van der Waals surface area contributed by atoms with Gasteiger partial charge < -0.3 is 10.2 Å². The summed E-state index contributed by atoms with van der Waals surface area (Å²) in [5.74, 6) is 0.677. The fraction of sp³-hybridized carbons (Fsp3) is 0.647. The SMILES string of the molecule is CC(CNC(C)C)CN1c2ccccc2CCC1C. The molecule has 1 aliphatic heterocycles. The van der Waals surface area contributed by atoms with Crippen LogP contribution in [0.3, 0.4) is 0 Å². The minimum absolute atomic E-state index is 0.577. The second-order valence-electron chi connectivity index (χ2n) is 6.34. The first-order valence-electron chi connectivity index (χ1n) is 7.66. The lowest BCUT2D eigenvalue weighted by molar-refractivity contribution is 0.445. The summed E-state index contributed by atoms with van der Waals surface area (Å²) >= 11 is 0. The summed E-state index contributed by atoms with van der Waals surface area (Å²) in [5.41, 5.74) is 2.97. The van der Waals surface area contributed by atoms with Gasteiger partial charge in [0.15, 0.2) is 0 Å². The zero-order chi connectivity index (χ0) is 13.8. The predicted molar refractivity (Wildman–Crippen MR) is 83.9 cm³/mol. The Morgan fingerprint density at radius 1 is 1.26 bits per heavy atom. The van der Waals surface area contributed by atoms with Crippen LogP contribution in [0.25, 0.3) is 0 Å². The van der Waals surface area contributed by atoms with Crippen molar-refractivity contribution in [3.05, 3.63) is 29.8 Å². The topological polar surface area (TPSA) is 15.3 Å². The van der Waals surface area contributed by atoms with Crippen LogP contribution in [0.2, 0.25) is 0 Å². The van der Waals surface area contributed by atoms with E-state index in [1.54, 1.807) is 0 Å². The molecule has 0 spiro atoms. The summed E-state index contributed by atoms with van der Waals surface area (Å²) < 4.78 is 0. The van der Waals surface area contributed by atoms with Crippen LogP contribution >= 0.6 is 0 Å². The van der Waals surface area contributed by atoms with E-state index in [9.17, 15) is 0 Å². The summed E-state index contributed by atoms with van der Waals surface area (Å²) in [4.78, 5) is 2.60. The maximum absolute atomic E-state index is 3.55. The highest BCUT2D eigenvalue weighted by molar-refractivity contribution is 5.56. The molecule has 2 atom stereocenters. The summed E-state index contributed by atoms with van der Waals surface area (Å²) in [6.45, 7) is 11.4. The van der Waals surface area contributed by atoms with Crippen LogP contribution in [-0.4, -0.2) is 25.2 Å².